The lowest BCUT2D eigenvalue weighted by Crippen LogP contribution is -2.33. The number of ether oxygens (including phenoxy) is 1. The predicted molar refractivity (Wildman–Crippen MR) is 83.7 cm³/mol. The summed E-state index contributed by atoms with van der Waals surface area (Å²) >= 11 is 3.35. The molecule has 0 bridgehead atoms. The van der Waals surface area contributed by atoms with E-state index >= 15 is 0 Å². The Balaban J connectivity index is 2.79. The SMILES string of the molecule is CC(CCC(=O)O)NC(=O)c1ccc(Br)cc1OC(C)C. The van der Waals surface area contributed by atoms with Crippen molar-refractivity contribution >= 4 is 27.8 Å². The number of carboxylic acid groups (broad SMARTS) is 1. The molecule has 0 aromatic heterocycles. The zero-order valence-corrected chi connectivity index (χ0v) is 13.9. The van der Waals surface area contributed by atoms with Crippen molar-refractivity contribution in [1.29, 1.82) is 0 Å². The van der Waals surface area contributed by atoms with Gasteiger partial charge in [0.1, 0.15) is 5.75 Å². The topological polar surface area (TPSA) is 75.6 Å². The second-order valence-electron chi connectivity index (χ2n) is 5.11. The molecule has 1 aromatic carbocycles. The molecule has 0 aliphatic rings. The molecule has 6 heteroatoms. The van der Waals surface area contributed by atoms with Gasteiger partial charge >= 0.3 is 5.97 Å². The molecule has 0 radical (unpaired) electrons. The normalized spacial score (nSPS) is 12.0. The van der Waals surface area contributed by atoms with Gasteiger partial charge in [-0.2, -0.15) is 0 Å². The van der Waals surface area contributed by atoms with E-state index in [0.717, 1.165) is 4.47 Å². The van der Waals surface area contributed by atoms with Crippen molar-refractivity contribution in [2.24, 2.45) is 0 Å². The number of carbonyl (C=O) groups excluding carboxylic acids is 1. The molecule has 21 heavy (non-hydrogen) atoms. The summed E-state index contributed by atoms with van der Waals surface area (Å²) in [4.78, 5) is 22.8. The molecular weight excluding hydrogens is 338 g/mol. The van der Waals surface area contributed by atoms with E-state index in [0.29, 0.717) is 17.7 Å². The number of amides is 1. The molecule has 1 unspecified atom stereocenters. The summed E-state index contributed by atoms with van der Waals surface area (Å²) in [6.07, 6.45) is 0.366. The van der Waals surface area contributed by atoms with Gasteiger partial charge in [0.2, 0.25) is 0 Å². The van der Waals surface area contributed by atoms with Crippen LogP contribution in [0, 0.1) is 0 Å². The van der Waals surface area contributed by atoms with Crippen molar-refractivity contribution < 1.29 is 19.4 Å². The van der Waals surface area contributed by atoms with Crippen LogP contribution in [0.5, 0.6) is 5.75 Å². The highest BCUT2D eigenvalue weighted by Gasteiger charge is 2.16. The molecule has 1 aromatic rings. The molecule has 0 fully saturated rings. The maximum atomic E-state index is 12.3. The van der Waals surface area contributed by atoms with Gasteiger partial charge in [-0.3, -0.25) is 9.59 Å². The zero-order valence-electron chi connectivity index (χ0n) is 12.4. The van der Waals surface area contributed by atoms with E-state index in [-0.39, 0.29) is 24.5 Å². The third-order valence-corrected chi connectivity index (χ3v) is 3.21. The van der Waals surface area contributed by atoms with Gasteiger partial charge in [-0.1, -0.05) is 15.9 Å². The van der Waals surface area contributed by atoms with Crippen molar-refractivity contribution in [3.63, 3.8) is 0 Å². The molecule has 0 heterocycles. The number of benzene rings is 1. The fourth-order valence-electron chi connectivity index (χ4n) is 1.75. The Labute approximate surface area is 132 Å². The van der Waals surface area contributed by atoms with Crippen molar-refractivity contribution in [3.8, 4) is 5.75 Å². The maximum absolute atomic E-state index is 12.3. The summed E-state index contributed by atoms with van der Waals surface area (Å²) in [5.74, 6) is -0.637. The number of aliphatic carboxylic acids is 1. The van der Waals surface area contributed by atoms with E-state index in [9.17, 15) is 9.59 Å². The Kier molecular flexibility index (Phi) is 6.68. The molecule has 0 spiro atoms. The lowest BCUT2D eigenvalue weighted by molar-refractivity contribution is -0.137. The van der Waals surface area contributed by atoms with Gasteiger partial charge in [0, 0.05) is 16.9 Å². The Bertz CT molecular complexity index is 516. The largest absolute Gasteiger partial charge is 0.490 e. The highest BCUT2D eigenvalue weighted by molar-refractivity contribution is 9.10. The summed E-state index contributed by atoms with van der Waals surface area (Å²) in [5.41, 5.74) is 0.439. The minimum Gasteiger partial charge on any atom is -0.490 e. The van der Waals surface area contributed by atoms with Crippen LogP contribution in [0.1, 0.15) is 44.0 Å². The molecule has 1 amide bonds. The molecule has 0 saturated carbocycles. The number of nitrogens with one attached hydrogen (secondary N) is 1. The van der Waals surface area contributed by atoms with Crippen molar-refractivity contribution in [3.05, 3.63) is 28.2 Å². The van der Waals surface area contributed by atoms with Crippen LogP contribution in [-0.4, -0.2) is 29.1 Å². The summed E-state index contributed by atoms with van der Waals surface area (Å²) in [6, 6.07) is 4.98. The molecular formula is C15H20BrNO4. The first-order chi connectivity index (χ1) is 9.79. The standard InChI is InChI=1S/C15H20BrNO4/c1-9(2)21-13-8-11(16)5-6-12(13)15(20)17-10(3)4-7-14(18)19/h5-6,8-10H,4,7H2,1-3H3,(H,17,20)(H,18,19). The van der Waals surface area contributed by atoms with E-state index in [1.807, 2.05) is 13.8 Å². The lowest BCUT2D eigenvalue weighted by Gasteiger charge is -2.17. The van der Waals surface area contributed by atoms with Crippen LogP contribution in [0.15, 0.2) is 22.7 Å². The third-order valence-electron chi connectivity index (χ3n) is 2.72. The lowest BCUT2D eigenvalue weighted by atomic mass is 10.1. The Hall–Kier alpha value is -1.56. The van der Waals surface area contributed by atoms with Crippen LogP contribution < -0.4 is 10.1 Å². The summed E-state index contributed by atoms with van der Waals surface area (Å²) in [6.45, 7) is 5.55. The van der Waals surface area contributed by atoms with Crippen LogP contribution in [0.4, 0.5) is 0 Å². The minimum absolute atomic E-state index is 0.0249. The summed E-state index contributed by atoms with van der Waals surface area (Å²) < 4.78 is 6.47. The van der Waals surface area contributed by atoms with E-state index in [4.69, 9.17) is 9.84 Å². The number of carbonyl (C=O) groups is 2. The first-order valence-corrected chi connectivity index (χ1v) is 7.57. The summed E-state index contributed by atoms with van der Waals surface area (Å²) in [7, 11) is 0. The van der Waals surface area contributed by atoms with Crippen LogP contribution in [0.25, 0.3) is 0 Å². The molecule has 1 atom stereocenters. The molecule has 5 nitrogen and oxygen atoms in total. The Morgan fingerprint density at radius 3 is 2.57 bits per heavy atom. The molecule has 0 saturated heterocycles. The zero-order chi connectivity index (χ0) is 16.0. The van der Waals surface area contributed by atoms with Gasteiger partial charge in [0.25, 0.3) is 5.91 Å². The molecule has 0 aliphatic carbocycles. The van der Waals surface area contributed by atoms with Gasteiger partial charge in [-0.05, 0) is 45.4 Å². The van der Waals surface area contributed by atoms with Crippen molar-refractivity contribution in [2.45, 2.75) is 45.8 Å². The number of carboxylic acids is 1. The molecule has 2 N–H and O–H groups in total. The average molecular weight is 358 g/mol. The van der Waals surface area contributed by atoms with Crippen LogP contribution in [-0.2, 0) is 4.79 Å². The smallest absolute Gasteiger partial charge is 0.303 e. The van der Waals surface area contributed by atoms with Gasteiger partial charge in [0.05, 0.1) is 11.7 Å². The molecule has 116 valence electrons. The van der Waals surface area contributed by atoms with Crippen molar-refractivity contribution in [2.75, 3.05) is 0 Å². The average Bonchev–Trinajstić information content (AvgIpc) is 2.35. The van der Waals surface area contributed by atoms with E-state index < -0.39 is 5.97 Å². The number of halogens is 1. The predicted octanol–water partition coefficient (Wildman–Crippen LogP) is 3.22. The maximum Gasteiger partial charge on any atom is 0.303 e. The first kappa shape index (κ1) is 17.5. The van der Waals surface area contributed by atoms with E-state index in [2.05, 4.69) is 21.2 Å². The Morgan fingerprint density at radius 2 is 2.00 bits per heavy atom. The van der Waals surface area contributed by atoms with Crippen molar-refractivity contribution in [1.82, 2.24) is 5.32 Å². The highest BCUT2D eigenvalue weighted by Crippen LogP contribution is 2.25. The Morgan fingerprint density at radius 1 is 1.33 bits per heavy atom. The van der Waals surface area contributed by atoms with Crippen LogP contribution >= 0.6 is 15.9 Å². The van der Waals surface area contributed by atoms with E-state index in [1.54, 1.807) is 25.1 Å². The van der Waals surface area contributed by atoms with Crippen LogP contribution in [0.3, 0.4) is 0 Å². The quantitative estimate of drug-likeness (QED) is 0.785. The second kappa shape index (κ2) is 8.02. The number of rotatable bonds is 7. The fraction of sp³-hybridized carbons (Fsp3) is 0.467. The highest BCUT2D eigenvalue weighted by atomic mass is 79.9. The first-order valence-electron chi connectivity index (χ1n) is 6.78. The molecule has 1 rings (SSSR count). The van der Waals surface area contributed by atoms with E-state index in [1.165, 1.54) is 0 Å². The van der Waals surface area contributed by atoms with Gasteiger partial charge in [-0.15, -0.1) is 0 Å². The van der Waals surface area contributed by atoms with Gasteiger partial charge < -0.3 is 15.2 Å². The summed E-state index contributed by atoms with van der Waals surface area (Å²) in [5, 5.41) is 11.4. The third kappa shape index (κ3) is 6.16. The van der Waals surface area contributed by atoms with Gasteiger partial charge in [-0.25, -0.2) is 0 Å². The van der Waals surface area contributed by atoms with Crippen LogP contribution in [0.2, 0.25) is 0 Å². The molecule has 0 aliphatic heterocycles. The van der Waals surface area contributed by atoms with Gasteiger partial charge in [0.15, 0.2) is 0 Å². The monoisotopic (exact) mass is 357 g/mol. The number of hydrogen-bond donors (Lipinski definition) is 2. The fourth-order valence-corrected chi connectivity index (χ4v) is 2.09. The second-order valence-corrected chi connectivity index (χ2v) is 6.03. The number of hydrogen-bond acceptors (Lipinski definition) is 3. The minimum atomic E-state index is -0.872.